The van der Waals surface area contributed by atoms with Crippen LogP contribution in [0.1, 0.15) is 39.0 Å². The Balaban J connectivity index is 1.90. The minimum absolute atomic E-state index is 0.521. The van der Waals surface area contributed by atoms with Crippen LogP contribution in [0.3, 0.4) is 0 Å². The Morgan fingerprint density at radius 2 is 1.94 bits per heavy atom. The molecule has 1 N–H and O–H groups in total. The van der Waals surface area contributed by atoms with E-state index in [0.29, 0.717) is 6.10 Å². The molecule has 3 heteroatoms. The van der Waals surface area contributed by atoms with E-state index in [9.17, 15) is 0 Å². The molecule has 0 saturated heterocycles. The van der Waals surface area contributed by atoms with Crippen molar-refractivity contribution in [2.24, 2.45) is 5.92 Å². The first kappa shape index (κ1) is 13.9. The molecule has 0 amide bonds. The van der Waals surface area contributed by atoms with Crippen LogP contribution in [0.15, 0.2) is 0 Å². The first-order chi connectivity index (χ1) is 7.84. The van der Waals surface area contributed by atoms with Gasteiger partial charge in [0.25, 0.3) is 0 Å². The lowest BCUT2D eigenvalue weighted by molar-refractivity contribution is -0.00579. The number of ether oxygens (including phenoxy) is 2. The van der Waals surface area contributed by atoms with E-state index in [4.69, 9.17) is 9.47 Å². The van der Waals surface area contributed by atoms with E-state index in [-0.39, 0.29) is 0 Å². The van der Waals surface area contributed by atoms with Crippen molar-refractivity contribution in [3.8, 4) is 0 Å². The van der Waals surface area contributed by atoms with Gasteiger partial charge < -0.3 is 14.8 Å². The number of methoxy groups -OCH3 is 1. The highest BCUT2D eigenvalue weighted by atomic mass is 16.5. The third-order valence-electron chi connectivity index (χ3n) is 3.35. The molecule has 16 heavy (non-hydrogen) atoms. The van der Waals surface area contributed by atoms with Crippen LogP contribution in [0.25, 0.3) is 0 Å². The van der Waals surface area contributed by atoms with E-state index in [1.807, 2.05) is 0 Å². The van der Waals surface area contributed by atoms with Gasteiger partial charge in [0.15, 0.2) is 0 Å². The molecule has 3 nitrogen and oxygen atoms in total. The lowest BCUT2D eigenvalue weighted by Gasteiger charge is -2.28. The second kappa shape index (κ2) is 8.97. The average molecular weight is 229 g/mol. The Bertz CT molecular complexity index is 164. The molecule has 1 aliphatic carbocycles. The smallest absolute Gasteiger partial charge is 0.0600 e. The van der Waals surface area contributed by atoms with Gasteiger partial charge in [-0.1, -0.05) is 19.8 Å². The summed E-state index contributed by atoms with van der Waals surface area (Å²) in [5, 5.41) is 3.33. The monoisotopic (exact) mass is 229 g/mol. The Labute approximate surface area is 99.9 Å². The summed E-state index contributed by atoms with van der Waals surface area (Å²) in [4.78, 5) is 0. The van der Waals surface area contributed by atoms with Crippen molar-refractivity contribution in [3.05, 3.63) is 0 Å². The highest BCUT2D eigenvalue weighted by molar-refractivity contribution is 4.72. The van der Waals surface area contributed by atoms with Gasteiger partial charge >= 0.3 is 0 Å². The zero-order valence-corrected chi connectivity index (χ0v) is 10.8. The van der Waals surface area contributed by atoms with Crippen LogP contribution in [0.2, 0.25) is 0 Å². The average Bonchev–Trinajstić information content (AvgIpc) is 2.30. The summed E-state index contributed by atoms with van der Waals surface area (Å²) in [7, 11) is 1.73. The van der Waals surface area contributed by atoms with Gasteiger partial charge in [-0.25, -0.2) is 0 Å². The van der Waals surface area contributed by atoms with Crippen LogP contribution in [-0.2, 0) is 9.47 Å². The topological polar surface area (TPSA) is 30.5 Å². The summed E-state index contributed by atoms with van der Waals surface area (Å²) in [5.41, 5.74) is 0. The zero-order valence-electron chi connectivity index (χ0n) is 10.8. The molecule has 0 radical (unpaired) electrons. The van der Waals surface area contributed by atoms with Gasteiger partial charge in [0.1, 0.15) is 0 Å². The summed E-state index contributed by atoms with van der Waals surface area (Å²) in [6, 6.07) is 0. The van der Waals surface area contributed by atoms with Gasteiger partial charge in [0.2, 0.25) is 0 Å². The van der Waals surface area contributed by atoms with Crippen LogP contribution < -0.4 is 5.32 Å². The maximum Gasteiger partial charge on any atom is 0.0600 e. The molecule has 1 aliphatic rings. The predicted molar refractivity (Wildman–Crippen MR) is 66.7 cm³/mol. The highest BCUT2D eigenvalue weighted by Crippen LogP contribution is 2.26. The molecule has 0 aromatic heterocycles. The van der Waals surface area contributed by atoms with Gasteiger partial charge in [-0.15, -0.1) is 0 Å². The quantitative estimate of drug-likeness (QED) is 0.647. The van der Waals surface area contributed by atoms with Gasteiger partial charge in [-0.2, -0.15) is 0 Å². The zero-order chi connectivity index (χ0) is 11.6. The second-order valence-electron chi connectivity index (χ2n) is 4.77. The molecule has 2 atom stereocenters. The van der Waals surface area contributed by atoms with Crippen molar-refractivity contribution in [1.29, 1.82) is 0 Å². The Morgan fingerprint density at radius 3 is 2.69 bits per heavy atom. The van der Waals surface area contributed by atoms with E-state index in [0.717, 1.165) is 38.6 Å². The molecule has 96 valence electrons. The Hall–Kier alpha value is -0.120. The molecule has 1 fully saturated rings. The normalized spacial score (nSPS) is 25.9. The van der Waals surface area contributed by atoms with E-state index in [2.05, 4.69) is 12.2 Å². The number of hydrogen-bond acceptors (Lipinski definition) is 3. The van der Waals surface area contributed by atoms with Crippen LogP contribution in [0, 0.1) is 5.92 Å². The van der Waals surface area contributed by atoms with Crippen molar-refractivity contribution in [1.82, 2.24) is 5.32 Å². The minimum atomic E-state index is 0.521. The molecule has 0 aliphatic heterocycles. The molecular formula is C13H27NO2. The van der Waals surface area contributed by atoms with Crippen molar-refractivity contribution in [3.63, 3.8) is 0 Å². The standard InChI is InChI=1S/C13H27NO2/c1-12-6-3-4-7-13(12)16-10-5-8-14-9-11-15-2/h12-14H,3-11H2,1-2H3. The van der Waals surface area contributed by atoms with Crippen LogP contribution in [0.5, 0.6) is 0 Å². The lowest BCUT2D eigenvalue weighted by Crippen LogP contribution is -2.27. The first-order valence-electron chi connectivity index (χ1n) is 6.66. The maximum absolute atomic E-state index is 5.93. The van der Waals surface area contributed by atoms with Crippen LogP contribution in [0.4, 0.5) is 0 Å². The summed E-state index contributed by atoms with van der Waals surface area (Å²) in [6.07, 6.45) is 6.97. The fourth-order valence-corrected chi connectivity index (χ4v) is 2.26. The lowest BCUT2D eigenvalue weighted by atomic mass is 9.88. The molecule has 0 heterocycles. The molecule has 1 rings (SSSR count). The molecular weight excluding hydrogens is 202 g/mol. The minimum Gasteiger partial charge on any atom is -0.383 e. The van der Waals surface area contributed by atoms with E-state index < -0.39 is 0 Å². The molecule has 0 aromatic rings. The van der Waals surface area contributed by atoms with Crippen molar-refractivity contribution < 1.29 is 9.47 Å². The molecule has 0 bridgehead atoms. The Morgan fingerprint density at radius 1 is 1.12 bits per heavy atom. The van der Waals surface area contributed by atoms with Crippen molar-refractivity contribution in [2.75, 3.05) is 33.4 Å². The first-order valence-corrected chi connectivity index (χ1v) is 6.66. The van der Waals surface area contributed by atoms with Gasteiger partial charge in [0, 0.05) is 20.3 Å². The van der Waals surface area contributed by atoms with E-state index in [1.165, 1.54) is 25.7 Å². The summed E-state index contributed by atoms with van der Waals surface area (Å²) >= 11 is 0. The predicted octanol–water partition coefficient (Wildman–Crippen LogP) is 2.21. The van der Waals surface area contributed by atoms with Crippen molar-refractivity contribution in [2.45, 2.75) is 45.1 Å². The van der Waals surface area contributed by atoms with Gasteiger partial charge in [-0.3, -0.25) is 0 Å². The Kier molecular flexibility index (Phi) is 7.81. The third-order valence-corrected chi connectivity index (χ3v) is 3.35. The molecule has 2 unspecified atom stereocenters. The van der Waals surface area contributed by atoms with E-state index in [1.54, 1.807) is 7.11 Å². The number of rotatable bonds is 8. The fourth-order valence-electron chi connectivity index (χ4n) is 2.26. The van der Waals surface area contributed by atoms with Gasteiger partial charge in [-0.05, 0) is 31.7 Å². The largest absolute Gasteiger partial charge is 0.383 e. The fraction of sp³-hybridized carbons (Fsp3) is 1.00. The maximum atomic E-state index is 5.93. The molecule has 0 spiro atoms. The second-order valence-corrected chi connectivity index (χ2v) is 4.77. The van der Waals surface area contributed by atoms with Crippen molar-refractivity contribution >= 4 is 0 Å². The van der Waals surface area contributed by atoms with Crippen LogP contribution >= 0.6 is 0 Å². The SMILES string of the molecule is COCCNCCCOC1CCCCC1C. The molecule has 1 saturated carbocycles. The highest BCUT2D eigenvalue weighted by Gasteiger charge is 2.21. The summed E-state index contributed by atoms with van der Waals surface area (Å²) < 4.78 is 10.9. The van der Waals surface area contributed by atoms with Crippen LogP contribution in [-0.4, -0.2) is 39.5 Å². The van der Waals surface area contributed by atoms with Gasteiger partial charge in [0.05, 0.1) is 12.7 Å². The molecule has 0 aromatic carbocycles. The summed E-state index contributed by atoms with van der Waals surface area (Å²) in [5.74, 6) is 0.759. The third kappa shape index (κ3) is 5.83. The van der Waals surface area contributed by atoms with E-state index >= 15 is 0 Å². The number of nitrogens with one attached hydrogen (secondary N) is 1. The summed E-state index contributed by atoms with van der Waals surface area (Å²) in [6.45, 7) is 5.98. The number of hydrogen-bond donors (Lipinski definition) is 1.